The third-order valence-corrected chi connectivity index (χ3v) is 7.70. The van der Waals surface area contributed by atoms with E-state index in [-0.39, 0.29) is 23.3 Å². The lowest BCUT2D eigenvalue weighted by atomic mass is 9.86. The van der Waals surface area contributed by atoms with Gasteiger partial charge in [0.25, 0.3) is 0 Å². The number of morpholine rings is 1. The number of ether oxygens (including phenoxy) is 1. The Morgan fingerprint density at radius 3 is 2.59 bits per heavy atom. The summed E-state index contributed by atoms with van der Waals surface area (Å²) in [5, 5.41) is 2.71. The Bertz CT molecular complexity index is 1170. The van der Waals surface area contributed by atoms with E-state index >= 15 is 0 Å². The topological polar surface area (TPSA) is 109 Å². The number of amides is 2. The number of fused-ring (bicyclic) bond motifs is 1. The zero-order valence-electron chi connectivity index (χ0n) is 18.3. The first-order valence-electron chi connectivity index (χ1n) is 10.4. The number of pyridine rings is 1. The maximum absolute atomic E-state index is 13.1. The first-order chi connectivity index (χ1) is 15.1. The average molecular weight is 459 g/mol. The zero-order valence-corrected chi connectivity index (χ0v) is 19.1. The molecule has 0 saturated carbocycles. The van der Waals surface area contributed by atoms with Crippen molar-refractivity contribution in [3.8, 4) is 0 Å². The summed E-state index contributed by atoms with van der Waals surface area (Å²) in [7, 11) is -3.70. The van der Waals surface area contributed by atoms with E-state index in [1.165, 1.54) is 15.3 Å². The molecule has 10 heteroatoms. The minimum Gasteiger partial charge on any atom is -0.379 e. The molecule has 2 aliphatic heterocycles. The van der Waals surface area contributed by atoms with E-state index in [9.17, 15) is 18.0 Å². The summed E-state index contributed by atoms with van der Waals surface area (Å²) in [5.41, 5.74) is 1.10. The van der Waals surface area contributed by atoms with Crippen LogP contribution in [0.3, 0.4) is 0 Å². The third kappa shape index (κ3) is 4.01. The summed E-state index contributed by atoms with van der Waals surface area (Å²) in [5.74, 6) is -0.237. The monoisotopic (exact) mass is 458 g/mol. The SMILES string of the molecule is Cc1ccnc(NC(=O)CN2C(=O)C(C)(C)c3cc(S(=O)(=O)N4CCOCC4)ccc32)c1. The Morgan fingerprint density at radius 2 is 1.91 bits per heavy atom. The highest BCUT2D eigenvalue weighted by Gasteiger charge is 2.45. The smallest absolute Gasteiger partial charge is 0.245 e. The molecule has 2 aromatic rings. The van der Waals surface area contributed by atoms with Gasteiger partial charge in [-0.05, 0) is 62.2 Å². The molecule has 1 aromatic heterocycles. The molecule has 1 saturated heterocycles. The van der Waals surface area contributed by atoms with Crippen molar-refractivity contribution in [2.45, 2.75) is 31.1 Å². The molecule has 0 aliphatic carbocycles. The number of nitrogens with zero attached hydrogens (tertiary/aromatic N) is 3. The number of carbonyl (C=O) groups is 2. The van der Waals surface area contributed by atoms with Crippen molar-refractivity contribution in [3.05, 3.63) is 47.7 Å². The van der Waals surface area contributed by atoms with Crippen molar-refractivity contribution in [1.82, 2.24) is 9.29 Å². The lowest BCUT2D eigenvalue weighted by molar-refractivity contribution is -0.124. The number of rotatable bonds is 5. The Morgan fingerprint density at radius 1 is 1.19 bits per heavy atom. The van der Waals surface area contributed by atoms with Crippen LogP contribution in [-0.2, 0) is 29.8 Å². The fraction of sp³-hybridized carbons (Fsp3) is 0.409. The molecule has 170 valence electrons. The summed E-state index contributed by atoms with van der Waals surface area (Å²) in [6, 6.07) is 8.21. The van der Waals surface area contributed by atoms with Crippen LogP contribution >= 0.6 is 0 Å². The fourth-order valence-corrected chi connectivity index (χ4v) is 5.43. The van der Waals surface area contributed by atoms with E-state index in [4.69, 9.17) is 4.74 Å². The van der Waals surface area contributed by atoms with Gasteiger partial charge in [0.15, 0.2) is 0 Å². The van der Waals surface area contributed by atoms with Crippen LogP contribution in [0.4, 0.5) is 11.5 Å². The van der Waals surface area contributed by atoms with Gasteiger partial charge in [0.05, 0.1) is 23.5 Å². The molecule has 1 aromatic carbocycles. The number of hydrogen-bond donors (Lipinski definition) is 1. The number of benzene rings is 1. The number of sulfonamides is 1. The summed E-state index contributed by atoms with van der Waals surface area (Å²) >= 11 is 0. The molecule has 2 amide bonds. The quantitative estimate of drug-likeness (QED) is 0.730. The van der Waals surface area contributed by atoms with Crippen LogP contribution in [-0.4, -0.2) is 62.4 Å². The molecular formula is C22H26N4O5S. The number of nitrogens with one attached hydrogen (secondary N) is 1. The second kappa shape index (κ2) is 8.27. The second-order valence-electron chi connectivity index (χ2n) is 8.48. The first kappa shape index (κ1) is 22.4. The molecule has 0 atom stereocenters. The minimum absolute atomic E-state index is 0.134. The summed E-state index contributed by atoms with van der Waals surface area (Å²) in [6.07, 6.45) is 1.60. The van der Waals surface area contributed by atoms with E-state index in [1.54, 1.807) is 38.2 Å². The van der Waals surface area contributed by atoms with E-state index in [0.29, 0.717) is 43.4 Å². The molecule has 0 unspecified atom stereocenters. The number of anilines is 2. The van der Waals surface area contributed by atoms with E-state index in [2.05, 4.69) is 10.3 Å². The first-order valence-corrected chi connectivity index (χ1v) is 11.8. The van der Waals surface area contributed by atoms with Crippen LogP contribution in [0, 0.1) is 6.92 Å². The summed E-state index contributed by atoms with van der Waals surface area (Å²) < 4.78 is 32.8. The molecule has 2 aliphatic rings. The Hall–Kier alpha value is -2.82. The lowest BCUT2D eigenvalue weighted by Crippen LogP contribution is -2.41. The summed E-state index contributed by atoms with van der Waals surface area (Å²) in [6.45, 7) is 6.46. The molecule has 0 spiro atoms. The van der Waals surface area contributed by atoms with Gasteiger partial charge >= 0.3 is 0 Å². The molecular weight excluding hydrogens is 432 g/mol. The standard InChI is InChI=1S/C22H26N4O5S/c1-15-6-7-23-19(12-15)24-20(27)14-26-18-5-4-16(13-17(18)22(2,3)21(26)28)32(29,30)25-8-10-31-11-9-25/h4-7,12-13H,8-11,14H2,1-3H3,(H,23,24,27). The van der Waals surface area contributed by atoms with Crippen LogP contribution in [0.15, 0.2) is 41.4 Å². The van der Waals surface area contributed by atoms with Crippen LogP contribution in [0.25, 0.3) is 0 Å². The van der Waals surface area contributed by atoms with Gasteiger partial charge in [-0.3, -0.25) is 9.59 Å². The van der Waals surface area contributed by atoms with Crippen LogP contribution in [0.1, 0.15) is 25.0 Å². The van der Waals surface area contributed by atoms with E-state index in [1.807, 2.05) is 13.0 Å². The van der Waals surface area contributed by atoms with E-state index in [0.717, 1.165) is 5.56 Å². The van der Waals surface area contributed by atoms with Gasteiger partial charge < -0.3 is 15.0 Å². The molecule has 9 nitrogen and oxygen atoms in total. The Kier molecular flexibility index (Phi) is 5.78. The maximum Gasteiger partial charge on any atom is 0.245 e. The Balaban J connectivity index is 1.60. The fourth-order valence-electron chi connectivity index (χ4n) is 4.00. The van der Waals surface area contributed by atoms with Crippen molar-refractivity contribution < 1.29 is 22.7 Å². The zero-order chi connectivity index (χ0) is 23.1. The second-order valence-corrected chi connectivity index (χ2v) is 10.4. The molecule has 0 radical (unpaired) electrons. The highest BCUT2D eigenvalue weighted by atomic mass is 32.2. The lowest BCUT2D eigenvalue weighted by Gasteiger charge is -2.26. The number of aryl methyl sites for hydroxylation is 1. The van der Waals surface area contributed by atoms with Crippen LogP contribution < -0.4 is 10.2 Å². The van der Waals surface area contributed by atoms with Crippen LogP contribution in [0.2, 0.25) is 0 Å². The van der Waals surface area contributed by atoms with Gasteiger partial charge in [-0.25, -0.2) is 13.4 Å². The minimum atomic E-state index is -3.70. The van der Waals surface area contributed by atoms with Crippen LogP contribution in [0.5, 0.6) is 0 Å². The third-order valence-electron chi connectivity index (χ3n) is 5.80. The van der Waals surface area contributed by atoms with Gasteiger partial charge in [0, 0.05) is 25.0 Å². The number of hydrogen-bond acceptors (Lipinski definition) is 6. The van der Waals surface area contributed by atoms with Gasteiger partial charge in [-0.2, -0.15) is 4.31 Å². The summed E-state index contributed by atoms with van der Waals surface area (Å²) in [4.78, 5) is 31.4. The molecule has 3 heterocycles. The molecule has 0 bridgehead atoms. The highest BCUT2D eigenvalue weighted by molar-refractivity contribution is 7.89. The van der Waals surface area contributed by atoms with Gasteiger partial charge in [-0.15, -0.1) is 0 Å². The van der Waals surface area contributed by atoms with Gasteiger partial charge in [0.1, 0.15) is 12.4 Å². The van der Waals surface area contributed by atoms with Crippen molar-refractivity contribution in [2.75, 3.05) is 43.1 Å². The van der Waals surface area contributed by atoms with E-state index < -0.39 is 15.4 Å². The highest BCUT2D eigenvalue weighted by Crippen LogP contribution is 2.42. The molecule has 32 heavy (non-hydrogen) atoms. The molecule has 1 N–H and O–H groups in total. The predicted octanol–water partition coefficient (Wildman–Crippen LogP) is 1.67. The maximum atomic E-state index is 13.1. The van der Waals surface area contributed by atoms with Crippen molar-refractivity contribution in [1.29, 1.82) is 0 Å². The average Bonchev–Trinajstić information content (AvgIpc) is 2.94. The normalized spacial score (nSPS) is 18.5. The number of carbonyl (C=O) groups excluding carboxylic acids is 2. The number of aromatic nitrogens is 1. The van der Waals surface area contributed by atoms with Gasteiger partial charge in [0.2, 0.25) is 21.8 Å². The Labute approximate surface area is 187 Å². The van der Waals surface area contributed by atoms with Crippen molar-refractivity contribution in [3.63, 3.8) is 0 Å². The molecule has 4 rings (SSSR count). The van der Waals surface area contributed by atoms with Crippen molar-refractivity contribution in [2.24, 2.45) is 0 Å². The predicted molar refractivity (Wildman–Crippen MR) is 119 cm³/mol. The van der Waals surface area contributed by atoms with Crippen molar-refractivity contribution >= 4 is 33.3 Å². The largest absolute Gasteiger partial charge is 0.379 e. The molecule has 1 fully saturated rings. The van der Waals surface area contributed by atoms with Gasteiger partial charge in [-0.1, -0.05) is 0 Å².